The monoisotopic (exact) mass is 415 g/mol. The summed E-state index contributed by atoms with van der Waals surface area (Å²) in [6.45, 7) is 1.74. The van der Waals surface area contributed by atoms with Gasteiger partial charge in [-0.05, 0) is 30.3 Å². The smallest absolute Gasteiger partial charge is 0.270 e. The largest absolute Gasteiger partial charge is 0.326 e. The van der Waals surface area contributed by atoms with Gasteiger partial charge in [-0.3, -0.25) is 30.0 Å². The van der Waals surface area contributed by atoms with Gasteiger partial charge in [-0.1, -0.05) is 55.5 Å². The first-order valence-corrected chi connectivity index (χ1v) is 9.69. The molecule has 0 fully saturated rings. The number of hydrogen-bond donors (Lipinski definition) is 3. The number of carbonyl (C=O) groups is 4. The predicted molar refractivity (Wildman–Crippen MR) is 117 cm³/mol. The van der Waals surface area contributed by atoms with Crippen LogP contribution in [0.3, 0.4) is 0 Å². The number of hydrogen-bond acceptors (Lipinski definition) is 4. The zero-order valence-electron chi connectivity index (χ0n) is 16.8. The zero-order valence-corrected chi connectivity index (χ0v) is 16.8. The normalized spacial score (nSPS) is 10.1. The molecule has 3 aromatic carbocycles. The fraction of sp³-hybridized carbons (Fsp3) is 0.0833. The Kier molecular flexibility index (Phi) is 6.90. The molecule has 3 N–H and O–H groups in total. The second-order valence-electron chi connectivity index (χ2n) is 6.63. The van der Waals surface area contributed by atoms with Crippen molar-refractivity contribution in [2.75, 3.05) is 5.32 Å². The molecule has 0 spiro atoms. The van der Waals surface area contributed by atoms with E-state index in [-0.39, 0.29) is 22.8 Å². The number of ketones is 1. The van der Waals surface area contributed by atoms with Crippen molar-refractivity contribution in [2.45, 2.75) is 13.3 Å². The van der Waals surface area contributed by atoms with Gasteiger partial charge in [-0.25, -0.2) is 0 Å². The molecule has 0 heterocycles. The Morgan fingerprint density at radius 1 is 0.645 bits per heavy atom. The van der Waals surface area contributed by atoms with Gasteiger partial charge in [0.25, 0.3) is 11.8 Å². The lowest BCUT2D eigenvalue weighted by Crippen LogP contribution is -2.42. The van der Waals surface area contributed by atoms with Crippen LogP contribution in [-0.4, -0.2) is 23.5 Å². The Balaban J connectivity index is 1.67. The van der Waals surface area contributed by atoms with Crippen molar-refractivity contribution in [1.82, 2.24) is 10.9 Å². The molecular formula is C24H21N3O4. The van der Waals surface area contributed by atoms with Crippen LogP contribution in [0.5, 0.6) is 0 Å². The first-order chi connectivity index (χ1) is 15.0. The van der Waals surface area contributed by atoms with Gasteiger partial charge in [0.05, 0.1) is 5.56 Å². The highest BCUT2D eigenvalue weighted by Gasteiger charge is 2.18. The summed E-state index contributed by atoms with van der Waals surface area (Å²) in [7, 11) is 0. The van der Waals surface area contributed by atoms with Crippen LogP contribution >= 0.6 is 0 Å². The van der Waals surface area contributed by atoms with Gasteiger partial charge in [0.2, 0.25) is 5.91 Å². The van der Waals surface area contributed by atoms with Crippen LogP contribution in [0, 0.1) is 0 Å². The van der Waals surface area contributed by atoms with Crippen LogP contribution in [0.4, 0.5) is 5.69 Å². The van der Waals surface area contributed by atoms with Crippen LogP contribution in [0.2, 0.25) is 0 Å². The van der Waals surface area contributed by atoms with Crippen LogP contribution in [0.25, 0.3) is 0 Å². The van der Waals surface area contributed by atoms with Crippen LogP contribution in [-0.2, 0) is 4.79 Å². The maximum absolute atomic E-state index is 12.8. The quantitative estimate of drug-likeness (QED) is 0.424. The highest BCUT2D eigenvalue weighted by molar-refractivity contribution is 6.15. The fourth-order valence-corrected chi connectivity index (χ4v) is 2.83. The molecule has 31 heavy (non-hydrogen) atoms. The summed E-state index contributed by atoms with van der Waals surface area (Å²) in [5.74, 6) is -1.57. The van der Waals surface area contributed by atoms with Crippen molar-refractivity contribution in [3.8, 4) is 0 Å². The summed E-state index contributed by atoms with van der Waals surface area (Å²) >= 11 is 0. The Bertz CT molecular complexity index is 1110. The van der Waals surface area contributed by atoms with Crippen molar-refractivity contribution >= 4 is 29.2 Å². The number of anilines is 1. The number of carbonyl (C=O) groups excluding carboxylic acids is 4. The van der Waals surface area contributed by atoms with E-state index in [1.54, 1.807) is 67.6 Å². The first kappa shape index (κ1) is 21.4. The van der Waals surface area contributed by atoms with E-state index in [0.29, 0.717) is 23.2 Å². The number of nitrogens with one attached hydrogen (secondary N) is 3. The van der Waals surface area contributed by atoms with Gasteiger partial charge in [-0.15, -0.1) is 0 Å². The third-order valence-corrected chi connectivity index (χ3v) is 4.49. The zero-order chi connectivity index (χ0) is 22.2. The van der Waals surface area contributed by atoms with E-state index < -0.39 is 11.8 Å². The molecule has 0 aromatic heterocycles. The lowest BCUT2D eigenvalue weighted by Gasteiger charge is -2.11. The van der Waals surface area contributed by atoms with Crippen molar-refractivity contribution in [1.29, 1.82) is 0 Å². The van der Waals surface area contributed by atoms with E-state index in [1.165, 1.54) is 18.2 Å². The molecule has 3 rings (SSSR count). The molecule has 0 radical (unpaired) electrons. The number of hydrazine groups is 1. The summed E-state index contributed by atoms with van der Waals surface area (Å²) in [6.07, 6.45) is 0.350. The Labute approximate surface area is 179 Å². The molecule has 0 atom stereocenters. The molecule has 3 amide bonds. The minimum absolute atomic E-state index is 0.131. The number of rotatable bonds is 6. The lowest BCUT2D eigenvalue weighted by atomic mass is 9.98. The third-order valence-electron chi connectivity index (χ3n) is 4.49. The molecule has 7 nitrogen and oxygen atoms in total. The molecule has 0 saturated carbocycles. The van der Waals surface area contributed by atoms with Gasteiger partial charge in [0, 0.05) is 28.8 Å². The van der Waals surface area contributed by atoms with E-state index in [0.717, 1.165) is 0 Å². The van der Waals surface area contributed by atoms with Crippen molar-refractivity contribution in [3.63, 3.8) is 0 Å². The minimum atomic E-state index is -0.611. The first-order valence-electron chi connectivity index (χ1n) is 9.69. The maximum atomic E-state index is 12.8. The standard InChI is InChI=1S/C24H21N3O4/c1-2-21(28)25-18-14-12-17(13-15-18)23(30)26-27-24(31)20-11-7-6-10-19(20)22(29)16-8-4-3-5-9-16/h3-15H,2H2,1H3,(H,25,28)(H,26,30)(H,27,31). The van der Waals surface area contributed by atoms with Crippen molar-refractivity contribution in [2.24, 2.45) is 0 Å². The summed E-state index contributed by atoms with van der Waals surface area (Å²) in [5.41, 5.74) is 6.38. The van der Waals surface area contributed by atoms with E-state index in [4.69, 9.17) is 0 Å². The van der Waals surface area contributed by atoms with Crippen LogP contribution in [0.1, 0.15) is 50.0 Å². The predicted octanol–water partition coefficient (Wildman–Crippen LogP) is 3.34. The minimum Gasteiger partial charge on any atom is -0.326 e. The number of amides is 3. The molecule has 0 saturated heterocycles. The Hall–Kier alpha value is -4.26. The van der Waals surface area contributed by atoms with E-state index in [2.05, 4.69) is 16.2 Å². The molecule has 0 bridgehead atoms. The molecule has 7 heteroatoms. The van der Waals surface area contributed by atoms with Crippen LogP contribution < -0.4 is 16.2 Å². The average molecular weight is 415 g/mol. The third kappa shape index (κ3) is 5.42. The van der Waals surface area contributed by atoms with Gasteiger partial charge in [-0.2, -0.15) is 0 Å². The van der Waals surface area contributed by atoms with Crippen LogP contribution in [0.15, 0.2) is 78.9 Å². The van der Waals surface area contributed by atoms with Crippen molar-refractivity contribution < 1.29 is 19.2 Å². The van der Waals surface area contributed by atoms with E-state index in [9.17, 15) is 19.2 Å². The summed E-state index contributed by atoms with van der Waals surface area (Å²) in [4.78, 5) is 49.1. The summed E-state index contributed by atoms with van der Waals surface area (Å²) in [5, 5.41) is 2.69. The second kappa shape index (κ2) is 9.98. The van der Waals surface area contributed by atoms with Gasteiger partial charge in [0.1, 0.15) is 0 Å². The van der Waals surface area contributed by atoms with Crippen molar-refractivity contribution in [3.05, 3.63) is 101 Å². The molecule has 0 aliphatic heterocycles. The average Bonchev–Trinajstić information content (AvgIpc) is 2.82. The molecule has 0 unspecified atom stereocenters. The molecule has 3 aromatic rings. The number of benzene rings is 3. The molecular weight excluding hydrogens is 394 g/mol. The maximum Gasteiger partial charge on any atom is 0.270 e. The highest BCUT2D eigenvalue weighted by atomic mass is 16.2. The van der Waals surface area contributed by atoms with Gasteiger partial charge >= 0.3 is 0 Å². The van der Waals surface area contributed by atoms with E-state index in [1.807, 2.05) is 0 Å². The summed E-state index contributed by atoms with van der Waals surface area (Å²) < 4.78 is 0. The summed E-state index contributed by atoms with van der Waals surface area (Å²) in [6, 6.07) is 21.3. The highest BCUT2D eigenvalue weighted by Crippen LogP contribution is 2.15. The molecule has 156 valence electrons. The fourth-order valence-electron chi connectivity index (χ4n) is 2.83. The van der Waals surface area contributed by atoms with E-state index >= 15 is 0 Å². The molecule has 0 aliphatic carbocycles. The van der Waals surface area contributed by atoms with Gasteiger partial charge < -0.3 is 5.32 Å². The second-order valence-corrected chi connectivity index (χ2v) is 6.63. The Morgan fingerprint density at radius 3 is 1.87 bits per heavy atom. The molecule has 0 aliphatic rings. The SMILES string of the molecule is CCC(=O)Nc1ccc(C(=O)NNC(=O)c2ccccc2C(=O)c2ccccc2)cc1. The van der Waals surface area contributed by atoms with Gasteiger partial charge in [0.15, 0.2) is 5.78 Å². The lowest BCUT2D eigenvalue weighted by molar-refractivity contribution is -0.115. The Morgan fingerprint density at radius 2 is 1.23 bits per heavy atom. The topological polar surface area (TPSA) is 104 Å².